The summed E-state index contributed by atoms with van der Waals surface area (Å²) in [5.41, 5.74) is 3.58. The molecule has 0 saturated carbocycles. The van der Waals surface area contributed by atoms with Crippen LogP contribution < -0.4 is 10.6 Å². The largest absolute Gasteiger partial charge is 0.379 e. The highest BCUT2D eigenvalue weighted by atomic mass is 32.2. The second-order valence-corrected chi connectivity index (χ2v) is 9.28. The number of rotatable bonds is 8. The lowest BCUT2D eigenvalue weighted by Gasteiger charge is -2.08. The van der Waals surface area contributed by atoms with Crippen molar-refractivity contribution in [3.63, 3.8) is 0 Å². The van der Waals surface area contributed by atoms with Gasteiger partial charge in [-0.1, -0.05) is 6.07 Å². The first-order valence-electron chi connectivity index (χ1n) is 8.86. The lowest BCUT2D eigenvalue weighted by atomic mass is 10.2. The summed E-state index contributed by atoms with van der Waals surface area (Å²) in [6.45, 7) is 0.410. The van der Waals surface area contributed by atoms with Gasteiger partial charge in [0.15, 0.2) is 15.5 Å². The first-order chi connectivity index (χ1) is 14.3. The molecule has 0 fully saturated rings. The van der Waals surface area contributed by atoms with E-state index < -0.39 is 9.84 Å². The van der Waals surface area contributed by atoms with Crippen LogP contribution in [-0.4, -0.2) is 42.6 Å². The van der Waals surface area contributed by atoms with Gasteiger partial charge in [-0.3, -0.25) is 9.59 Å². The number of nitrogens with one attached hydrogen (secondary N) is 2. The zero-order valence-corrected chi connectivity index (χ0v) is 18.0. The first-order valence-corrected chi connectivity index (χ1v) is 11.6. The van der Waals surface area contributed by atoms with Gasteiger partial charge in [-0.25, -0.2) is 13.4 Å². The number of carbonyl (C=O) groups excluding carboxylic acids is 2. The van der Waals surface area contributed by atoms with Gasteiger partial charge < -0.3 is 15.0 Å². The van der Waals surface area contributed by atoms with Crippen molar-refractivity contribution in [3.05, 3.63) is 65.0 Å². The van der Waals surface area contributed by atoms with E-state index in [1.807, 2.05) is 22.7 Å². The van der Waals surface area contributed by atoms with Crippen molar-refractivity contribution in [1.82, 2.24) is 14.7 Å². The van der Waals surface area contributed by atoms with Gasteiger partial charge in [0.25, 0.3) is 5.91 Å². The molecule has 10 heteroatoms. The maximum Gasteiger partial charge on any atom is 0.257 e. The SMILES string of the molecule is CNC(=O)/C(=C/c1ccc2ncc(CNc3cccc(S(C)(=O)=O)c3)n2c1)SC=O. The molecule has 8 nitrogen and oxygen atoms in total. The van der Waals surface area contributed by atoms with E-state index in [1.54, 1.807) is 36.5 Å². The molecule has 3 rings (SSSR count). The molecule has 0 saturated heterocycles. The Hall–Kier alpha value is -3.11. The molecule has 1 aromatic carbocycles. The molecule has 0 bridgehead atoms. The van der Waals surface area contributed by atoms with Crippen molar-refractivity contribution in [1.29, 1.82) is 0 Å². The van der Waals surface area contributed by atoms with Gasteiger partial charge in [0.2, 0.25) is 0 Å². The molecule has 2 heterocycles. The summed E-state index contributed by atoms with van der Waals surface area (Å²) in [6.07, 6.45) is 6.34. The predicted molar refractivity (Wildman–Crippen MR) is 118 cm³/mol. The summed E-state index contributed by atoms with van der Waals surface area (Å²) in [5, 5.41) is 5.71. The zero-order valence-electron chi connectivity index (χ0n) is 16.3. The van der Waals surface area contributed by atoms with Crippen molar-refractivity contribution in [2.45, 2.75) is 11.4 Å². The number of pyridine rings is 1. The van der Waals surface area contributed by atoms with Gasteiger partial charge in [-0.15, -0.1) is 0 Å². The monoisotopic (exact) mass is 444 g/mol. The number of hydrogen-bond donors (Lipinski definition) is 2. The Morgan fingerprint density at radius 1 is 1.27 bits per heavy atom. The van der Waals surface area contributed by atoms with E-state index in [9.17, 15) is 18.0 Å². The van der Waals surface area contributed by atoms with Crippen LogP contribution in [0.25, 0.3) is 11.7 Å². The molecule has 0 aliphatic carbocycles. The van der Waals surface area contributed by atoms with Gasteiger partial charge in [0, 0.05) is 25.2 Å². The number of likely N-dealkylation sites (N-methyl/N-ethyl adjacent to an activating group) is 1. The fourth-order valence-electron chi connectivity index (χ4n) is 2.77. The second-order valence-electron chi connectivity index (χ2n) is 6.40. The number of nitrogens with zero attached hydrogens (tertiary/aromatic N) is 2. The number of carbonyl (C=O) groups is 2. The number of amides is 1. The van der Waals surface area contributed by atoms with Gasteiger partial charge in [-0.2, -0.15) is 0 Å². The van der Waals surface area contributed by atoms with Crippen LogP contribution in [0.5, 0.6) is 0 Å². The van der Waals surface area contributed by atoms with Gasteiger partial charge in [0.05, 0.1) is 28.2 Å². The molecule has 0 atom stereocenters. The number of aromatic nitrogens is 2. The van der Waals surface area contributed by atoms with Crippen LogP contribution in [0.4, 0.5) is 5.69 Å². The van der Waals surface area contributed by atoms with Crippen LogP contribution in [0.15, 0.2) is 58.6 Å². The van der Waals surface area contributed by atoms with Crippen molar-refractivity contribution in [2.75, 3.05) is 18.6 Å². The summed E-state index contributed by atoms with van der Waals surface area (Å²) in [5.74, 6) is -0.342. The molecule has 156 valence electrons. The van der Waals surface area contributed by atoms with E-state index in [0.717, 1.165) is 28.7 Å². The number of anilines is 1. The zero-order chi connectivity index (χ0) is 21.7. The third-order valence-corrected chi connectivity index (χ3v) is 6.03. The molecule has 0 radical (unpaired) electrons. The standard InChI is InChI=1S/C20H20N4O4S2/c1-21-20(26)18(29-13-25)8-14-6-7-19-23-11-16(24(19)12-14)10-22-15-4-3-5-17(9-15)30(2,27)28/h3-9,11-13,22H,10H2,1-2H3,(H,21,26)/b18-8-. The van der Waals surface area contributed by atoms with Gasteiger partial charge >= 0.3 is 0 Å². The quantitative estimate of drug-likeness (QED) is 0.405. The minimum atomic E-state index is -3.29. The lowest BCUT2D eigenvalue weighted by Crippen LogP contribution is -2.18. The van der Waals surface area contributed by atoms with Crippen molar-refractivity contribution in [3.8, 4) is 0 Å². The lowest BCUT2D eigenvalue weighted by molar-refractivity contribution is -0.116. The Morgan fingerprint density at radius 2 is 2.07 bits per heavy atom. The van der Waals surface area contributed by atoms with Crippen LogP contribution in [0, 0.1) is 0 Å². The van der Waals surface area contributed by atoms with E-state index >= 15 is 0 Å². The normalized spacial score (nSPS) is 12.0. The highest BCUT2D eigenvalue weighted by Crippen LogP contribution is 2.20. The topological polar surface area (TPSA) is 110 Å². The van der Waals surface area contributed by atoms with E-state index in [-0.39, 0.29) is 15.7 Å². The third-order valence-electron chi connectivity index (χ3n) is 4.26. The van der Waals surface area contributed by atoms with Crippen LogP contribution in [0.2, 0.25) is 0 Å². The Balaban J connectivity index is 1.87. The number of benzene rings is 1. The minimum absolute atomic E-state index is 0.243. The number of thioether (sulfide) groups is 1. The molecular formula is C20H20N4O4S2. The van der Waals surface area contributed by atoms with E-state index in [2.05, 4.69) is 15.6 Å². The minimum Gasteiger partial charge on any atom is -0.379 e. The maximum absolute atomic E-state index is 11.9. The molecule has 2 N–H and O–H groups in total. The predicted octanol–water partition coefficient (Wildman–Crippen LogP) is 2.36. The first kappa shape index (κ1) is 21.6. The molecule has 2 aromatic heterocycles. The molecule has 3 aromatic rings. The third kappa shape index (κ3) is 5.08. The molecule has 1 amide bonds. The fraction of sp³-hybridized carbons (Fsp3) is 0.150. The highest BCUT2D eigenvalue weighted by molar-refractivity contribution is 8.16. The molecule has 0 aliphatic heterocycles. The second kappa shape index (κ2) is 9.14. The summed E-state index contributed by atoms with van der Waals surface area (Å²) in [4.78, 5) is 27.6. The van der Waals surface area contributed by atoms with Gasteiger partial charge in [-0.05, 0) is 53.7 Å². The summed E-state index contributed by atoms with van der Waals surface area (Å²) in [7, 11) is -1.78. The molecule has 30 heavy (non-hydrogen) atoms. The van der Waals surface area contributed by atoms with E-state index in [0.29, 0.717) is 17.9 Å². The van der Waals surface area contributed by atoms with Crippen LogP contribution in [0.1, 0.15) is 11.3 Å². The summed E-state index contributed by atoms with van der Waals surface area (Å²) >= 11 is 0.809. The Morgan fingerprint density at radius 3 is 2.77 bits per heavy atom. The van der Waals surface area contributed by atoms with E-state index in [4.69, 9.17) is 0 Å². The van der Waals surface area contributed by atoms with E-state index in [1.165, 1.54) is 13.3 Å². The number of fused-ring (bicyclic) bond motifs is 1. The summed E-state index contributed by atoms with van der Waals surface area (Å²) in [6, 6.07) is 10.2. The molecular weight excluding hydrogens is 424 g/mol. The smallest absolute Gasteiger partial charge is 0.257 e. The fourth-order valence-corrected chi connectivity index (χ4v) is 3.96. The average Bonchev–Trinajstić information content (AvgIpc) is 3.13. The van der Waals surface area contributed by atoms with Crippen LogP contribution in [0.3, 0.4) is 0 Å². The van der Waals surface area contributed by atoms with Crippen LogP contribution >= 0.6 is 11.8 Å². The Bertz CT molecular complexity index is 1230. The van der Waals surface area contributed by atoms with Crippen molar-refractivity contribution >= 4 is 50.5 Å². The Kier molecular flexibility index (Phi) is 6.58. The van der Waals surface area contributed by atoms with Gasteiger partial charge in [0.1, 0.15) is 5.65 Å². The number of hydrogen-bond acceptors (Lipinski definition) is 7. The number of sulfone groups is 1. The molecule has 0 unspecified atom stereocenters. The average molecular weight is 445 g/mol. The number of imidazole rings is 1. The Labute approximate surface area is 178 Å². The maximum atomic E-state index is 11.9. The molecule has 0 spiro atoms. The van der Waals surface area contributed by atoms with Crippen molar-refractivity contribution in [2.24, 2.45) is 0 Å². The van der Waals surface area contributed by atoms with Crippen molar-refractivity contribution < 1.29 is 18.0 Å². The molecule has 0 aliphatic rings. The highest BCUT2D eigenvalue weighted by Gasteiger charge is 2.10. The summed E-state index contributed by atoms with van der Waals surface area (Å²) < 4.78 is 25.3. The van der Waals surface area contributed by atoms with Crippen LogP contribution in [-0.2, 0) is 26.0 Å².